The highest BCUT2D eigenvalue weighted by Gasteiger charge is 2.02. The van der Waals surface area contributed by atoms with Crippen LogP contribution in [0.5, 0.6) is 5.75 Å². The third-order valence-corrected chi connectivity index (χ3v) is 3.49. The number of ether oxygens (including phenoxy) is 1. The zero-order valence-electron chi connectivity index (χ0n) is 9.91. The molecule has 0 aromatic heterocycles. The van der Waals surface area contributed by atoms with Crippen molar-refractivity contribution < 1.29 is 9.13 Å². The van der Waals surface area contributed by atoms with Crippen molar-refractivity contribution in [1.29, 1.82) is 0 Å². The van der Waals surface area contributed by atoms with E-state index >= 15 is 0 Å². The summed E-state index contributed by atoms with van der Waals surface area (Å²) in [4.78, 5) is 0. The van der Waals surface area contributed by atoms with E-state index < -0.39 is 5.82 Å². The van der Waals surface area contributed by atoms with Gasteiger partial charge in [0, 0.05) is 4.47 Å². The lowest BCUT2D eigenvalue weighted by atomic mass is 10.2. The molecule has 0 spiro atoms. The van der Waals surface area contributed by atoms with E-state index in [2.05, 4.69) is 15.9 Å². The third kappa shape index (κ3) is 3.01. The fraction of sp³-hybridized carbons (Fsp3) is 0.143. The molecule has 0 aliphatic carbocycles. The van der Waals surface area contributed by atoms with Crippen LogP contribution in [0.4, 0.5) is 10.1 Å². The molecule has 2 rings (SSSR count). The first-order chi connectivity index (χ1) is 8.56. The van der Waals surface area contributed by atoms with Gasteiger partial charge in [-0.3, -0.25) is 0 Å². The number of hydrogen-bond acceptors (Lipinski definition) is 2. The normalized spacial score (nSPS) is 10.4. The first-order valence-corrected chi connectivity index (χ1v) is 6.28. The molecule has 0 atom stereocenters. The Morgan fingerprint density at radius 3 is 2.67 bits per heavy atom. The van der Waals surface area contributed by atoms with Gasteiger partial charge < -0.3 is 10.5 Å². The summed E-state index contributed by atoms with van der Waals surface area (Å²) in [5.41, 5.74) is 7.41. The van der Waals surface area contributed by atoms with Crippen LogP contribution in [0.3, 0.4) is 0 Å². The zero-order chi connectivity index (χ0) is 13.1. The summed E-state index contributed by atoms with van der Waals surface area (Å²) in [6, 6.07) is 10.4. The Kier molecular flexibility index (Phi) is 3.87. The van der Waals surface area contributed by atoms with E-state index in [9.17, 15) is 4.39 Å². The molecule has 2 aromatic carbocycles. The van der Waals surface area contributed by atoms with Gasteiger partial charge in [0.25, 0.3) is 0 Å². The van der Waals surface area contributed by atoms with Crippen LogP contribution in [0.15, 0.2) is 40.9 Å². The van der Waals surface area contributed by atoms with Gasteiger partial charge in [-0.25, -0.2) is 4.39 Å². The highest BCUT2D eigenvalue weighted by Crippen LogP contribution is 2.22. The van der Waals surface area contributed by atoms with E-state index in [1.807, 2.05) is 25.1 Å². The van der Waals surface area contributed by atoms with Crippen molar-refractivity contribution in [3.05, 3.63) is 57.8 Å². The Morgan fingerprint density at radius 1 is 1.22 bits per heavy atom. The van der Waals surface area contributed by atoms with Gasteiger partial charge in [-0.1, -0.05) is 22.0 Å². The Morgan fingerprint density at radius 2 is 2.00 bits per heavy atom. The molecule has 0 aliphatic rings. The Hall–Kier alpha value is -1.55. The third-order valence-electron chi connectivity index (χ3n) is 2.60. The lowest BCUT2D eigenvalue weighted by Gasteiger charge is -2.08. The molecular formula is C14H13BrFNO. The predicted molar refractivity (Wildman–Crippen MR) is 74.0 cm³/mol. The summed E-state index contributed by atoms with van der Waals surface area (Å²) in [6.45, 7) is 2.30. The van der Waals surface area contributed by atoms with Gasteiger partial charge in [-0.05, 0) is 48.4 Å². The van der Waals surface area contributed by atoms with Crippen molar-refractivity contribution in [2.45, 2.75) is 13.5 Å². The molecule has 0 saturated carbocycles. The summed E-state index contributed by atoms with van der Waals surface area (Å²) in [7, 11) is 0. The van der Waals surface area contributed by atoms with Crippen LogP contribution >= 0.6 is 15.9 Å². The fourth-order valence-electron chi connectivity index (χ4n) is 1.53. The van der Waals surface area contributed by atoms with E-state index in [1.54, 1.807) is 12.1 Å². The number of halogens is 2. The van der Waals surface area contributed by atoms with Gasteiger partial charge in [0.05, 0.1) is 5.69 Å². The van der Waals surface area contributed by atoms with E-state index in [4.69, 9.17) is 10.5 Å². The summed E-state index contributed by atoms with van der Waals surface area (Å²) < 4.78 is 19.9. The summed E-state index contributed by atoms with van der Waals surface area (Å²) in [5, 5.41) is 0. The molecule has 2 nitrogen and oxygen atoms in total. The molecule has 18 heavy (non-hydrogen) atoms. The maximum absolute atomic E-state index is 13.2. The molecule has 0 fully saturated rings. The smallest absolute Gasteiger partial charge is 0.146 e. The SMILES string of the molecule is Cc1cc(OCc2ccc(N)c(F)c2)ccc1Br. The second-order valence-corrected chi connectivity index (χ2v) is 4.91. The monoisotopic (exact) mass is 309 g/mol. The van der Waals surface area contributed by atoms with Crippen molar-refractivity contribution in [1.82, 2.24) is 0 Å². The minimum absolute atomic E-state index is 0.151. The minimum atomic E-state index is -0.414. The number of anilines is 1. The van der Waals surface area contributed by atoms with Crippen LogP contribution in [0.1, 0.15) is 11.1 Å². The van der Waals surface area contributed by atoms with Gasteiger partial charge in [0.1, 0.15) is 18.2 Å². The molecule has 0 amide bonds. The molecule has 0 heterocycles. The van der Waals surface area contributed by atoms with E-state index in [0.717, 1.165) is 21.3 Å². The molecule has 0 radical (unpaired) electrons. The van der Waals surface area contributed by atoms with Gasteiger partial charge in [-0.15, -0.1) is 0 Å². The topological polar surface area (TPSA) is 35.2 Å². The lowest BCUT2D eigenvalue weighted by molar-refractivity contribution is 0.305. The number of nitrogen functional groups attached to an aromatic ring is 1. The van der Waals surface area contributed by atoms with Crippen LogP contribution in [0, 0.1) is 12.7 Å². The van der Waals surface area contributed by atoms with E-state index in [0.29, 0.717) is 6.61 Å². The average Bonchev–Trinajstić information content (AvgIpc) is 2.35. The molecule has 4 heteroatoms. The van der Waals surface area contributed by atoms with E-state index in [1.165, 1.54) is 6.07 Å². The van der Waals surface area contributed by atoms with Crippen molar-refractivity contribution in [3.63, 3.8) is 0 Å². The van der Waals surface area contributed by atoms with Gasteiger partial charge in [0.15, 0.2) is 0 Å². The van der Waals surface area contributed by atoms with Crippen molar-refractivity contribution in [2.75, 3.05) is 5.73 Å². The largest absolute Gasteiger partial charge is 0.489 e. The highest BCUT2D eigenvalue weighted by molar-refractivity contribution is 9.10. The van der Waals surface area contributed by atoms with Crippen LogP contribution in [-0.4, -0.2) is 0 Å². The number of nitrogens with two attached hydrogens (primary N) is 1. The Balaban J connectivity index is 2.06. The van der Waals surface area contributed by atoms with Crippen LogP contribution in [0.2, 0.25) is 0 Å². The van der Waals surface area contributed by atoms with Crippen molar-refractivity contribution in [3.8, 4) is 5.75 Å². The standard InChI is InChI=1S/C14H13BrFNO/c1-9-6-11(3-4-12(9)15)18-8-10-2-5-14(17)13(16)7-10/h2-7H,8,17H2,1H3. The Labute approximate surface area is 114 Å². The highest BCUT2D eigenvalue weighted by atomic mass is 79.9. The first kappa shape index (κ1) is 12.9. The van der Waals surface area contributed by atoms with Crippen molar-refractivity contribution >= 4 is 21.6 Å². The molecule has 0 saturated heterocycles. The molecule has 2 aromatic rings. The molecule has 0 unspecified atom stereocenters. The Bertz CT molecular complexity index is 520. The maximum Gasteiger partial charge on any atom is 0.146 e. The van der Waals surface area contributed by atoms with E-state index in [-0.39, 0.29) is 5.69 Å². The molecule has 2 N–H and O–H groups in total. The summed E-state index contributed by atoms with van der Waals surface area (Å²) in [5.74, 6) is 0.344. The first-order valence-electron chi connectivity index (χ1n) is 5.49. The summed E-state index contributed by atoms with van der Waals surface area (Å²) >= 11 is 3.42. The van der Waals surface area contributed by atoms with Crippen molar-refractivity contribution in [2.24, 2.45) is 0 Å². The summed E-state index contributed by atoms with van der Waals surface area (Å²) in [6.07, 6.45) is 0. The molecule has 0 aliphatic heterocycles. The molecular weight excluding hydrogens is 297 g/mol. The number of benzene rings is 2. The van der Waals surface area contributed by atoms with Crippen LogP contribution in [0.25, 0.3) is 0 Å². The number of aryl methyl sites for hydroxylation is 1. The number of hydrogen-bond donors (Lipinski definition) is 1. The minimum Gasteiger partial charge on any atom is -0.489 e. The average molecular weight is 310 g/mol. The zero-order valence-corrected chi connectivity index (χ0v) is 11.5. The van der Waals surface area contributed by atoms with Gasteiger partial charge >= 0.3 is 0 Å². The van der Waals surface area contributed by atoms with Gasteiger partial charge in [-0.2, -0.15) is 0 Å². The second kappa shape index (κ2) is 5.40. The van der Waals surface area contributed by atoms with Crippen LogP contribution in [-0.2, 0) is 6.61 Å². The molecule has 0 bridgehead atoms. The van der Waals surface area contributed by atoms with Crippen LogP contribution < -0.4 is 10.5 Å². The lowest BCUT2D eigenvalue weighted by Crippen LogP contribution is -1.98. The predicted octanol–water partition coefficient (Wildman–Crippen LogP) is 4.06. The maximum atomic E-state index is 13.2. The fourth-order valence-corrected chi connectivity index (χ4v) is 1.78. The van der Waals surface area contributed by atoms with Gasteiger partial charge in [0.2, 0.25) is 0 Å². The molecule has 94 valence electrons. The second-order valence-electron chi connectivity index (χ2n) is 4.06. The number of rotatable bonds is 3. The quantitative estimate of drug-likeness (QED) is 0.868.